The van der Waals surface area contributed by atoms with Gasteiger partial charge in [0, 0.05) is 5.69 Å². The Morgan fingerprint density at radius 1 is 1.17 bits per heavy atom. The van der Waals surface area contributed by atoms with E-state index in [4.69, 9.17) is 0 Å². The lowest BCUT2D eigenvalue weighted by Gasteiger charge is -2.11. The quantitative estimate of drug-likeness (QED) is 0.870. The minimum atomic E-state index is -1.01. The Morgan fingerprint density at radius 3 is 2.33 bits per heavy atom. The Balaban J connectivity index is 2.76. The third kappa shape index (κ3) is 1.75. The summed E-state index contributed by atoms with van der Waals surface area (Å²) in [5, 5.41) is 17.3. The number of nitrogens with zero attached hydrogens (tertiary/aromatic N) is 4. The molecule has 0 atom stereocenters. The molecule has 6 nitrogen and oxygen atoms in total. The van der Waals surface area contributed by atoms with Crippen molar-refractivity contribution in [3.05, 3.63) is 34.5 Å². The first-order valence-corrected chi connectivity index (χ1v) is 5.51. The lowest BCUT2D eigenvalue weighted by Crippen LogP contribution is -2.13. The first-order chi connectivity index (χ1) is 8.43. The Morgan fingerprint density at radius 2 is 1.83 bits per heavy atom. The normalized spacial score (nSPS) is 10.7. The largest absolute Gasteiger partial charge is 0.478 e. The summed E-state index contributed by atoms with van der Waals surface area (Å²) in [5.41, 5.74) is 3.10. The van der Waals surface area contributed by atoms with E-state index in [0.29, 0.717) is 17.1 Å². The number of aromatic carboxylic acids is 1. The van der Waals surface area contributed by atoms with Crippen molar-refractivity contribution in [3.63, 3.8) is 0 Å². The number of imidazole rings is 1. The van der Waals surface area contributed by atoms with Gasteiger partial charge in [-0.05, 0) is 33.3 Å². The van der Waals surface area contributed by atoms with Crippen molar-refractivity contribution in [3.8, 4) is 5.82 Å². The highest BCUT2D eigenvalue weighted by Crippen LogP contribution is 2.20. The van der Waals surface area contributed by atoms with Gasteiger partial charge in [-0.1, -0.05) is 0 Å². The van der Waals surface area contributed by atoms with Gasteiger partial charge in [-0.2, -0.15) is 5.10 Å². The zero-order chi connectivity index (χ0) is 13.4. The van der Waals surface area contributed by atoms with E-state index in [9.17, 15) is 9.90 Å². The van der Waals surface area contributed by atoms with Crippen molar-refractivity contribution in [2.75, 3.05) is 0 Å². The van der Waals surface area contributed by atoms with Crippen LogP contribution in [-0.2, 0) is 0 Å². The van der Waals surface area contributed by atoms with E-state index in [0.717, 1.165) is 11.4 Å². The predicted octanol–water partition coefficient (Wildman–Crippen LogP) is 1.59. The number of hydrogen-bond donors (Lipinski definition) is 1. The first-order valence-electron chi connectivity index (χ1n) is 5.51. The highest BCUT2D eigenvalue weighted by atomic mass is 16.4. The van der Waals surface area contributed by atoms with Gasteiger partial charge in [0.2, 0.25) is 0 Å². The molecule has 0 amide bonds. The lowest BCUT2D eigenvalue weighted by molar-refractivity contribution is 0.0695. The van der Waals surface area contributed by atoms with Gasteiger partial charge in [0.25, 0.3) is 0 Å². The molecule has 0 saturated heterocycles. The summed E-state index contributed by atoms with van der Waals surface area (Å²) in [4.78, 5) is 15.5. The Kier molecular flexibility index (Phi) is 2.86. The third-order valence-corrected chi connectivity index (χ3v) is 3.13. The molecule has 0 aliphatic rings. The van der Waals surface area contributed by atoms with Gasteiger partial charge in [-0.3, -0.25) is 4.57 Å². The monoisotopic (exact) mass is 246 g/mol. The van der Waals surface area contributed by atoms with Crippen LogP contribution in [0.4, 0.5) is 0 Å². The number of carbonyl (C=O) groups is 1. The minimum Gasteiger partial charge on any atom is -0.478 e. The third-order valence-electron chi connectivity index (χ3n) is 3.13. The second-order valence-corrected chi connectivity index (χ2v) is 4.20. The van der Waals surface area contributed by atoms with E-state index in [-0.39, 0.29) is 5.56 Å². The molecule has 0 fully saturated rings. The number of aryl methyl sites for hydroxylation is 2. The Bertz CT molecular complexity index is 631. The van der Waals surface area contributed by atoms with E-state index in [1.807, 2.05) is 13.8 Å². The summed E-state index contributed by atoms with van der Waals surface area (Å²) in [6, 6.07) is 0. The second kappa shape index (κ2) is 4.21. The Hall–Kier alpha value is -2.24. The van der Waals surface area contributed by atoms with E-state index in [1.165, 1.54) is 0 Å². The molecule has 0 radical (unpaired) electrons. The molecule has 2 aromatic rings. The topological polar surface area (TPSA) is 80.9 Å². The molecule has 1 N–H and O–H groups in total. The van der Waals surface area contributed by atoms with Gasteiger partial charge < -0.3 is 5.11 Å². The van der Waals surface area contributed by atoms with Crippen molar-refractivity contribution in [2.24, 2.45) is 0 Å². The fourth-order valence-corrected chi connectivity index (χ4v) is 1.73. The maximum Gasteiger partial charge on any atom is 0.339 e. The maximum atomic E-state index is 11.4. The highest BCUT2D eigenvalue weighted by Gasteiger charge is 2.20. The molecule has 0 aliphatic heterocycles. The molecule has 0 spiro atoms. The molecule has 18 heavy (non-hydrogen) atoms. The molecular weight excluding hydrogens is 232 g/mol. The molecular formula is C12H14N4O2. The van der Waals surface area contributed by atoms with Crippen LogP contribution in [0.5, 0.6) is 0 Å². The van der Waals surface area contributed by atoms with Crippen LogP contribution in [0.25, 0.3) is 5.82 Å². The number of hydrogen-bond acceptors (Lipinski definition) is 4. The van der Waals surface area contributed by atoms with E-state index >= 15 is 0 Å². The smallest absolute Gasteiger partial charge is 0.339 e. The van der Waals surface area contributed by atoms with Crippen LogP contribution in [-0.4, -0.2) is 30.8 Å². The number of aromatic nitrogens is 4. The van der Waals surface area contributed by atoms with Crippen molar-refractivity contribution in [2.45, 2.75) is 27.7 Å². The average molecular weight is 246 g/mol. The van der Waals surface area contributed by atoms with Crippen LogP contribution < -0.4 is 0 Å². The van der Waals surface area contributed by atoms with Crippen molar-refractivity contribution in [1.29, 1.82) is 0 Å². The van der Waals surface area contributed by atoms with E-state index < -0.39 is 5.97 Å². The molecule has 0 saturated carbocycles. The summed E-state index contributed by atoms with van der Waals surface area (Å²) in [6.45, 7) is 7.20. The highest BCUT2D eigenvalue weighted by molar-refractivity contribution is 5.93. The van der Waals surface area contributed by atoms with Crippen molar-refractivity contribution >= 4 is 5.97 Å². The van der Waals surface area contributed by atoms with Gasteiger partial charge in [0.15, 0.2) is 5.82 Å². The zero-order valence-electron chi connectivity index (χ0n) is 10.7. The molecule has 2 aromatic heterocycles. The Labute approximate surface area is 104 Å². The molecule has 2 heterocycles. The van der Waals surface area contributed by atoms with Gasteiger partial charge in [0.1, 0.15) is 11.9 Å². The lowest BCUT2D eigenvalue weighted by atomic mass is 10.1. The summed E-state index contributed by atoms with van der Waals surface area (Å²) < 4.78 is 1.65. The number of rotatable bonds is 2. The van der Waals surface area contributed by atoms with Gasteiger partial charge >= 0.3 is 5.97 Å². The van der Waals surface area contributed by atoms with Crippen molar-refractivity contribution in [1.82, 2.24) is 19.7 Å². The van der Waals surface area contributed by atoms with Gasteiger partial charge in [-0.15, -0.1) is 5.10 Å². The molecule has 0 aromatic carbocycles. The fourth-order valence-electron chi connectivity index (χ4n) is 1.73. The maximum absolute atomic E-state index is 11.4. The summed E-state index contributed by atoms with van der Waals surface area (Å²) in [5.74, 6) is -0.699. The summed E-state index contributed by atoms with van der Waals surface area (Å²) in [6.07, 6.45) is 1.57. The van der Waals surface area contributed by atoms with Crippen LogP contribution in [0.1, 0.15) is 33.0 Å². The first kappa shape index (κ1) is 12.2. The average Bonchev–Trinajstić information content (AvgIpc) is 2.63. The molecule has 6 heteroatoms. The van der Waals surface area contributed by atoms with Crippen LogP contribution in [0.15, 0.2) is 6.33 Å². The second-order valence-electron chi connectivity index (χ2n) is 4.20. The van der Waals surface area contributed by atoms with Crippen molar-refractivity contribution < 1.29 is 9.90 Å². The molecule has 2 rings (SSSR count). The number of carboxylic acid groups (broad SMARTS) is 1. The van der Waals surface area contributed by atoms with Crippen LogP contribution in [0.2, 0.25) is 0 Å². The number of carboxylic acids is 1. The van der Waals surface area contributed by atoms with Crippen LogP contribution >= 0.6 is 0 Å². The minimum absolute atomic E-state index is 0.169. The zero-order valence-corrected chi connectivity index (χ0v) is 10.7. The molecule has 0 unspecified atom stereocenters. The molecule has 0 aliphatic carbocycles. The van der Waals surface area contributed by atoms with Gasteiger partial charge in [-0.25, -0.2) is 9.78 Å². The summed E-state index contributed by atoms with van der Waals surface area (Å²) >= 11 is 0. The molecule has 0 bridgehead atoms. The molecule has 94 valence electrons. The van der Waals surface area contributed by atoms with Gasteiger partial charge in [0.05, 0.1) is 11.4 Å². The summed E-state index contributed by atoms with van der Waals surface area (Å²) in [7, 11) is 0. The predicted molar refractivity (Wildman–Crippen MR) is 65.1 cm³/mol. The van der Waals surface area contributed by atoms with E-state index in [2.05, 4.69) is 15.2 Å². The standard InChI is InChI=1S/C12H14N4O2/c1-6-7(2)14-15-11(10(6)12(17)18)16-5-13-8(3)9(16)4/h5H,1-4H3,(H,17,18). The van der Waals surface area contributed by atoms with Crippen LogP contribution in [0, 0.1) is 27.7 Å². The van der Waals surface area contributed by atoms with E-state index in [1.54, 1.807) is 24.7 Å². The SMILES string of the molecule is Cc1nnc(-n2cnc(C)c2C)c(C(=O)O)c1C. The van der Waals surface area contributed by atoms with Crippen LogP contribution in [0.3, 0.4) is 0 Å². The fraction of sp³-hybridized carbons (Fsp3) is 0.333.